The highest BCUT2D eigenvalue weighted by atomic mass is 32.2. The first-order valence-electron chi connectivity index (χ1n) is 2.28. The third-order valence-electron chi connectivity index (χ3n) is 1.08. The summed E-state index contributed by atoms with van der Waals surface area (Å²) in [4.78, 5) is 10.2. The van der Waals surface area contributed by atoms with E-state index in [2.05, 4.69) is 0 Å². The van der Waals surface area contributed by atoms with Crippen LogP contribution in [0.4, 0.5) is 0 Å². The van der Waals surface area contributed by atoms with Crippen LogP contribution in [0.2, 0.25) is 0 Å². The maximum atomic E-state index is 10.2. The Labute approximate surface area is 52.1 Å². The number of amides is 1. The molecule has 5 nitrogen and oxygen atoms in total. The number of hydrogen-bond acceptors (Lipinski definition) is 4. The Hall–Kier alpha value is -0.620. The van der Waals surface area contributed by atoms with E-state index >= 15 is 0 Å². The summed E-state index contributed by atoms with van der Waals surface area (Å²) >= 11 is 0. The molecule has 0 aliphatic carbocycles. The van der Waals surface area contributed by atoms with Gasteiger partial charge < -0.3 is 4.55 Å². The fraction of sp³-hybridized carbons (Fsp3) is 0.667. The van der Waals surface area contributed by atoms with Gasteiger partial charge in [0, 0.05) is 13.0 Å². The van der Waals surface area contributed by atoms with Gasteiger partial charge in [-0.05, 0) is 0 Å². The molecule has 0 aromatic rings. The Balaban J connectivity index is 2.77. The number of carbonyl (C=O) groups excluding carboxylic acids is 1. The van der Waals surface area contributed by atoms with Crippen molar-refractivity contribution in [1.82, 2.24) is 4.31 Å². The van der Waals surface area contributed by atoms with Gasteiger partial charge in [-0.15, -0.1) is 0 Å². The van der Waals surface area contributed by atoms with E-state index in [0.29, 0.717) is 4.31 Å². The quantitative estimate of drug-likeness (QED) is 0.343. The monoisotopic (exact) mass is 150 g/mol. The first-order chi connectivity index (χ1) is 4.02. The Morgan fingerprint density at radius 3 is 2.11 bits per heavy atom. The zero-order valence-corrected chi connectivity index (χ0v) is 5.22. The van der Waals surface area contributed by atoms with E-state index in [1.165, 1.54) is 0 Å². The van der Waals surface area contributed by atoms with Gasteiger partial charge in [-0.3, -0.25) is 4.79 Å². The van der Waals surface area contributed by atoms with Crippen LogP contribution in [0.1, 0.15) is 6.42 Å². The summed E-state index contributed by atoms with van der Waals surface area (Å²) in [6.45, 7) is 0.0463. The van der Waals surface area contributed by atoms with Gasteiger partial charge in [-0.2, -0.15) is 0 Å². The smallest absolute Gasteiger partial charge is 0.237 e. The van der Waals surface area contributed by atoms with Crippen LogP contribution in [0.15, 0.2) is 0 Å². The molecule has 0 spiro atoms. The van der Waals surface area contributed by atoms with Crippen molar-refractivity contribution in [3.05, 3.63) is 0 Å². The molecule has 1 aliphatic heterocycles. The number of β-lactam (4-membered cyclic amide) rings is 1. The lowest BCUT2D eigenvalue weighted by Gasteiger charge is -2.31. The summed E-state index contributed by atoms with van der Waals surface area (Å²) in [7, 11) is -4.48. The van der Waals surface area contributed by atoms with Crippen molar-refractivity contribution in [2.45, 2.75) is 6.42 Å². The number of carbonyl (C=O) groups is 1. The third-order valence-corrected chi connectivity index (χ3v) is 2.00. The topological polar surface area (TPSA) is 77.5 Å². The first-order valence-corrected chi connectivity index (χ1v) is 3.65. The molecule has 0 N–H and O–H groups in total. The molecule has 9 heavy (non-hydrogen) atoms. The SMILES string of the molecule is O=C1CCN1S(=O)(=O)[O-]. The highest BCUT2D eigenvalue weighted by Crippen LogP contribution is 2.11. The predicted molar refractivity (Wildman–Crippen MR) is 26.0 cm³/mol. The molecule has 1 aliphatic rings. The molecule has 1 amide bonds. The van der Waals surface area contributed by atoms with Crippen LogP contribution in [-0.4, -0.2) is 29.7 Å². The molecule has 1 heterocycles. The summed E-state index contributed by atoms with van der Waals surface area (Å²) in [5.41, 5.74) is 0. The fourth-order valence-corrected chi connectivity index (χ4v) is 1.19. The summed E-state index contributed by atoms with van der Waals surface area (Å²) in [5.74, 6) is -0.606. The highest BCUT2D eigenvalue weighted by molar-refractivity contribution is 7.84. The van der Waals surface area contributed by atoms with Crippen molar-refractivity contribution in [3.63, 3.8) is 0 Å². The molecule has 0 saturated carbocycles. The molecular weight excluding hydrogens is 146 g/mol. The molecule has 6 heteroatoms. The third kappa shape index (κ3) is 1.03. The van der Waals surface area contributed by atoms with Crippen molar-refractivity contribution in [3.8, 4) is 0 Å². The summed E-state index contributed by atoms with van der Waals surface area (Å²) in [5, 5.41) is 0. The molecule has 0 radical (unpaired) electrons. The molecular formula is C3H4NO4S-. The lowest BCUT2D eigenvalue weighted by molar-refractivity contribution is -0.133. The second-order valence-electron chi connectivity index (χ2n) is 1.67. The molecule has 0 aromatic heterocycles. The van der Waals surface area contributed by atoms with E-state index in [1.54, 1.807) is 0 Å². The van der Waals surface area contributed by atoms with E-state index in [-0.39, 0.29) is 13.0 Å². The van der Waals surface area contributed by atoms with Crippen LogP contribution in [0.25, 0.3) is 0 Å². The minimum atomic E-state index is -4.48. The summed E-state index contributed by atoms with van der Waals surface area (Å²) < 4.78 is 30.2. The van der Waals surface area contributed by atoms with Gasteiger partial charge in [0.2, 0.25) is 5.91 Å². The fourth-order valence-electron chi connectivity index (χ4n) is 0.531. The van der Waals surface area contributed by atoms with E-state index in [9.17, 15) is 17.8 Å². The van der Waals surface area contributed by atoms with Gasteiger partial charge >= 0.3 is 0 Å². The lowest BCUT2D eigenvalue weighted by Crippen LogP contribution is -2.46. The maximum Gasteiger partial charge on any atom is 0.237 e. The lowest BCUT2D eigenvalue weighted by atomic mass is 10.3. The standard InChI is InChI=1S/C3H5NO4S/c5-3-1-2-4(3)9(6,7)8/h1-2H2,(H,6,7,8)/p-1. The van der Waals surface area contributed by atoms with Crippen LogP contribution >= 0.6 is 0 Å². The van der Waals surface area contributed by atoms with Crippen LogP contribution < -0.4 is 0 Å². The molecule has 0 bridgehead atoms. The number of rotatable bonds is 1. The molecule has 1 saturated heterocycles. The molecule has 52 valence electrons. The van der Waals surface area contributed by atoms with Crippen LogP contribution in [0, 0.1) is 0 Å². The summed E-state index contributed by atoms with van der Waals surface area (Å²) in [6.07, 6.45) is 0.168. The van der Waals surface area contributed by atoms with Crippen molar-refractivity contribution < 1.29 is 17.8 Å². The Kier molecular flexibility index (Phi) is 1.21. The second kappa shape index (κ2) is 1.68. The normalized spacial score (nSPS) is 19.7. The molecule has 0 atom stereocenters. The average Bonchev–Trinajstić information content (AvgIpc) is 1.57. The van der Waals surface area contributed by atoms with E-state index in [1.807, 2.05) is 0 Å². The van der Waals surface area contributed by atoms with E-state index < -0.39 is 16.2 Å². The van der Waals surface area contributed by atoms with Crippen LogP contribution in [0.5, 0.6) is 0 Å². The first kappa shape index (κ1) is 6.50. The zero-order chi connectivity index (χ0) is 7.07. The Bertz CT molecular complexity index is 230. The zero-order valence-electron chi connectivity index (χ0n) is 4.40. The van der Waals surface area contributed by atoms with Gasteiger partial charge in [-0.25, -0.2) is 12.7 Å². The maximum absolute atomic E-state index is 10.2. The molecule has 0 aromatic carbocycles. The number of hydrogen-bond donors (Lipinski definition) is 0. The Morgan fingerprint density at radius 1 is 1.56 bits per heavy atom. The van der Waals surface area contributed by atoms with Gasteiger partial charge in [0.15, 0.2) is 10.3 Å². The average molecular weight is 150 g/mol. The molecule has 1 rings (SSSR count). The Morgan fingerprint density at radius 2 is 2.11 bits per heavy atom. The van der Waals surface area contributed by atoms with Crippen molar-refractivity contribution in [2.24, 2.45) is 0 Å². The number of nitrogens with zero attached hydrogens (tertiary/aromatic N) is 1. The minimum Gasteiger partial charge on any atom is -0.731 e. The largest absolute Gasteiger partial charge is 0.731 e. The predicted octanol–water partition coefficient (Wildman–Crippen LogP) is -1.32. The second-order valence-corrected chi connectivity index (χ2v) is 2.97. The van der Waals surface area contributed by atoms with Gasteiger partial charge in [-0.1, -0.05) is 0 Å². The van der Waals surface area contributed by atoms with Crippen LogP contribution in [0.3, 0.4) is 0 Å². The molecule has 0 unspecified atom stereocenters. The van der Waals surface area contributed by atoms with E-state index in [4.69, 9.17) is 0 Å². The van der Waals surface area contributed by atoms with E-state index in [0.717, 1.165) is 0 Å². The minimum absolute atomic E-state index is 0.0463. The molecule has 1 fully saturated rings. The van der Waals surface area contributed by atoms with Gasteiger partial charge in [0.05, 0.1) is 0 Å². The van der Waals surface area contributed by atoms with Crippen molar-refractivity contribution >= 4 is 16.2 Å². The van der Waals surface area contributed by atoms with Gasteiger partial charge in [0.1, 0.15) is 0 Å². The highest BCUT2D eigenvalue weighted by Gasteiger charge is 2.28. The van der Waals surface area contributed by atoms with Crippen LogP contribution in [-0.2, 0) is 15.1 Å². The van der Waals surface area contributed by atoms with Crippen molar-refractivity contribution in [2.75, 3.05) is 6.54 Å². The van der Waals surface area contributed by atoms with Crippen molar-refractivity contribution in [1.29, 1.82) is 0 Å². The summed E-state index contributed by atoms with van der Waals surface area (Å²) in [6, 6.07) is 0. The van der Waals surface area contributed by atoms with Gasteiger partial charge in [0.25, 0.3) is 0 Å².